The lowest BCUT2D eigenvalue weighted by atomic mass is 10.1. The van der Waals surface area contributed by atoms with Gasteiger partial charge in [-0.3, -0.25) is 4.79 Å². The van der Waals surface area contributed by atoms with Gasteiger partial charge in [-0.25, -0.2) is 9.18 Å². The molecule has 0 atom stereocenters. The van der Waals surface area contributed by atoms with Crippen molar-refractivity contribution < 1.29 is 18.7 Å². The standard InChI is InChI=1S/C18H18FNO3/c1-11-6-12(2)8-15(7-11)20-17(21)10-23-18(22)14-5-4-13(3)16(19)9-14/h4-9H,10H2,1-3H3,(H,20,21). The lowest BCUT2D eigenvalue weighted by Gasteiger charge is -2.08. The van der Waals surface area contributed by atoms with Crippen LogP contribution >= 0.6 is 0 Å². The van der Waals surface area contributed by atoms with Gasteiger partial charge < -0.3 is 10.1 Å². The number of ether oxygens (including phenoxy) is 1. The van der Waals surface area contributed by atoms with Crippen LogP contribution < -0.4 is 5.32 Å². The fraction of sp³-hybridized carbons (Fsp3) is 0.222. The molecule has 1 N–H and O–H groups in total. The van der Waals surface area contributed by atoms with E-state index in [1.807, 2.05) is 32.0 Å². The first-order valence-electron chi connectivity index (χ1n) is 7.16. The molecule has 0 radical (unpaired) electrons. The third kappa shape index (κ3) is 4.64. The average molecular weight is 315 g/mol. The summed E-state index contributed by atoms with van der Waals surface area (Å²) >= 11 is 0. The number of hydrogen-bond donors (Lipinski definition) is 1. The van der Waals surface area contributed by atoms with Crippen molar-refractivity contribution >= 4 is 17.6 Å². The molecule has 0 fully saturated rings. The first-order valence-corrected chi connectivity index (χ1v) is 7.16. The van der Waals surface area contributed by atoms with Gasteiger partial charge in [-0.15, -0.1) is 0 Å². The Labute approximate surface area is 134 Å². The van der Waals surface area contributed by atoms with Crippen LogP contribution in [0.5, 0.6) is 0 Å². The molecule has 0 spiro atoms. The number of nitrogens with one attached hydrogen (secondary N) is 1. The number of amides is 1. The van der Waals surface area contributed by atoms with Crippen molar-refractivity contribution in [3.05, 3.63) is 64.5 Å². The summed E-state index contributed by atoms with van der Waals surface area (Å²) in [6.07, 6.45) is 0. The van der Waals surface area contributed by atoms with Crippen molar-refractivity contribution in [2.45, 2.75) is 20.8 Å². The Morgan fingerprint density at radius 3 is 2.30 bits per heavy atom. The first kappa shape index (κ1) is 16.7. The second-order valence-electron chi connectivity index (χ2n) is 5.46. The molecular formula is C18H18FNO3. The maximum absolute atomic E-state index is 13.4. The minimum atomic E-state index is -0.737. The Morgan fingerprint density at radius 2 is 1.70 bits per heavy atom. The van der Waals surface area contributed by atoms with Crippen LogP contribution in [0, 0.1) is 26.6 Å². The van der Waals surface area contributed by atoms with Gasteiger partial charge in [0.25, 0.3) is 5.91 Å². The molecule has 0 aliphatic rings. The van der Waals surface area contributed by atoms with Crippen LogP contribution in [0.15, 0.2) is 36.4 Å². The molecule has 0 bridgehead atoms. The van der Waals surface area contributed by atoms with Gasteiger partial charge in [0, 0.05) is 5.69 Å². The zero-order valence-electron chi connectivity index (χ0n) is 13.3. The Balaban J connectivity index is 1.93. The van der Waals surface area contributed by atoms with E-state index in [1.54, 1.807) is 6.92 Å². The zero-order chi connectivity index (χ0) is 17.0. The summed E-state index contributed by atoms with van der Waals surface area (Å²) < 4.78 is 18.3. The summed E-state index contributed by atoms with van der Waals surface area (Å²) in [5.41, 5.74) is 3.20. The molecule has 0 saturated carbocycles. The van der Waals surface area contributed by atoms with E-state index in [0.717, 1.165) is 17.2 Å². The highest BCUT2D eigenvalue weighted by Crippen LogP contribution is 2.14. The van der Waals surface area contributed by atoms with Crippen LogP contribution in [0.2, 0.25) is 0 Å². The summed E-state index contributed by atoms with van der Waals surface area (Å²) in [5, 5.41) is 2.66. The molecular weight excluding hydrogens is 297 g/mol. The Morgan fingerprint density at radius 1 is 1.04 bits per heavy atom. The monoisotopic (exact) mass is 315 g/mol. The van der Waals surface area contributed by atoms with Crippen LogP contribution in [0.1, 0.15) is 27.0 Å². The third-order valence-electron chi connectivity index (χ3n) is 3.25. The number of benzene rings is 2. The molecule has 2 rings (SSSR count). The van der Waals surface area contributed by atoms with E-state index in [1.165, 1.54) is 12.1 Å². The molecule has 0 unspecified atom stereocenters. The summed E-state index contributed by atoms with van der Waals surface area (Å²) in [6.45, 7) is 5.02. The smallest absolute Gasteiger partial charge is 0.338 e. The molecule has 2 aromatic carbocycles. The quantitative estimate of drug-likeness (QED) is 0.878. The molecule has 0 aliphatic carbocycles. The number of carbonyl (C=O) groups is 2. The minimum absolute atomic E-state index is 0.0762. The second kappa shape index (κ2) is 7.05. The van der Waals surface area contributed by atoms with E-state index in [-0.39, 0.29) is 5.56 Å². The Kier molecular flexibility index (Phi) is 5.11. The predicted octanol–water partition coefficient (Wildman–Crippen LogP) is 3.55. The number of carbonyl (C=O) groups excluding carboxylic acids is 2. The van der Waals surface area contributed by atoms with Gasteiger partial charge in [0.15, 0.2) is 6.61 Å². The molecule has 0 aromatic heterocycles. The van der Waals surface area contributed by atoms with Crippen LogP contribution in [0.25, 0.3) is 0 Å². The van der Waals surface area contributed by atoms with Gasteiger partial charge >= 0.3 is 5.97 Å². The van der Waals surface area contributed by atoms with E-state index in [4.69, 9.17) is 4.74 Å². The van der Waals surface area contributed by atoms with E-state index in [0.29, 0.717) is 11.3 Å². The van der Waals surface area contributed by atoms with E-state index < -0.39 is 24.3 Å². The number of halogens is 1. The minimum Gasteiger partial charge on any atom is -0.452 e. The van der Waals surface area contributed by atoms with Gasteiger partial charge in [0.2, 0.25) is 0 Å². The fourth-order valence-corrected chi connectivity index (χ4v) is 2.18. The maximum Gasteiger partial charge on any atom is 0.338 e. The number of hydrogen-bond acceptors (Lipinski definition) is 3. The lowest BCUT2D eigenvalue weighted by molar-refractivity contribution is -0.119. The fourth-order valence-electron chi connectivity index (χ4n) is 2.18. The molecule has 23 heavy (non-hydrogen) atoms. The molecule has 4 nitrogen and oxygen atoms in total. The normalized spacial score (nSPS) is 10.3. The van der Waals surface area contributed by atoms with Crippen LogP contribution in [-0.4, -0.2) is 18.5 Å². The second-order valence-corrected chi connectivity index (χ2v) is 5.46. The summed E-state index contributed by atoms with van der Waals surface area (Å²) in [5.74, 6) is -1.67. The highest BCUT2D eigenvalue weighted by atomic mass is 19.1. The average Bonchev–Trinajstić information content (AvgIpc) is 2.46. The van der Waals surface area contributed by atoms with Crippen molar-refractivity contribution in [1.29, 1.82) is 0 Å². The van der Waals surface area contributed by atoms with Crippen LogP contribution in [-0.2, 0) is 9.53 Å². The largest absolute Gasteiger partial charge is 0.452 e. The lowest BCUT2D eigenvalue weighted by Crippen LogP contribution is -2.21. The molecule has 2 aromatic rings. The van der Waals surface area contributed by atoms with E-state index in [9.17, 15) is 14.0 Å². The van der Waals surface area contributed by atoms with E-state index in [2.05, 4.69) is 5.32 Å². The molecule has 0 heterocycles. The van der Waals surface area contributed by atoms with Gasteiger partial charge in [0.1, 0.15) is 5.82 Å². The molecule has 1 amide bonds. The summed E-state index contributed by atoms with van der Waals surface area (Å²) in [4.78, 5) is 23.6. The topological polar surface area (TPSA) is 55.4 Å². The van der Waals surface area contributed by atoms with Crippen LogP contribution in [0.4, 0.5) is 10.1 Å². The van der Waals surface area contributed by atoms with Crippen molar-refractivity contribution in [2.24, 2.45) is 0 Å². The van der Waals surface area contributed by atoms with Gasteiger partial charge in [0.05, 0.1) is 5.56 Å². The maximum atomic E-state index is 13.4. The van der Waals surface area contributed by atoms with Gasteiger partial charge in [-0.05, 0) is 61.7 Å². The van der Waals surface area contributed by atoms with Crippen molar-refractivity contribution in [2.75, 3.05) is 11.9 Å². The van der Waals surface area contributed by atoms with Crippen molar-refractivity contribution in [3.8, 4) is 0 Å². The summed E-state index contributed by atoms with van der Waals surface area (Å²) in [6, 6.07) is 9.68. The number of anilines is 1. The Bertz CT molecular complexity index is 736. The van der Waals surface area contributed by atoms with Crippen molar-refractivity contribution in [3.63, 3.8) is 0 Å². The highest BCUT2D eigenvalue weighted by Gasteiger charge is 2.12. The van der Waals surface area contributed by atoms with Gasteiger partial charge in [-0.2, -0.15) is 0 Å². The number of esters is 1. The van der Waals surface area contributed by atoms with E-state index >= 15 is 0 Å². The zero-order valence-corrected chi connectivity index (χ0v) is 13.3. The predicted molar refractivity (Wildman–Crippen MR) is 86.0 cm³/mol. The SMILES string of the molecule is Cc1cc(C)cc(NC(=O)COC(=O)c2ccc(C)c(F)c2)c1. The number of rotatable bonds is 4. The molecule has 0 aliphatic heterocycles. The molecule has 5 heteroatoms. The van der Waals surface area contributed by atoms with Crippen molar-refractivity contribution in [1.82, 2.24) is 0 Å². The molecule has 120 valence electrons. The van der Waals surface area contributed by atoms with Crippen LogP contribution in [0.3, 0.4) is 0 Å². The first-order chi connectivity index (χ1) is 10.8. The third-order valence-corrected chi connectivity index (χ3v) is 3.25. The number of aryl methyl sites for hydroxylation is 3. The molecule has 0 saturated heterocycles. The van der Waals surface area contributed by atoms with Gasteiger partial charge in [-0.1, -0.05) is 12.1 Å². The summed E-state index contributed by atoms with van der Waals surface area (Å²) in [7, 11) is 0. The highest BCUT2D eigenvalue weighted by molar-refractivity contribution is 5.95. The Hall–Kier alpha value is -2.69.